The Bertz CT molecular complexity index is 1810. The number of carbonyl (C=O) groups excluding carboxylic acids is 1. The van der Waals surface area contributed by atoms with Gasteiger partial charge in [-0.15, -0.1) is 0 Å². The van der Waals surface area contributed by atoms with E-state index in [1.807, 2.05) is 24.3 Å². The molecule has 0 spiro atoms. The Morgan fingerprint density at radius 2 is 1.86 bits per heavy atom. The molecule has 2 aromatic carbocycles. The van der Waals surface area contributed by atoms with Gasteiger partial charge in [-0.1, -0.05) is 12.1 Å². The number of aromatic nitrogens is 4. The van der Waals surface area contributed by atoms with Gasteiger partial charge < -0.3 is 24.3 Å². The van der Waals surface area contributed by atoms with Crippen LogP contribution in [0.25, 0.3) is 28.0 Å². The second-order valence-corrected chi connectivity index (χ2v) is 9.01. The Balaban J connectivity index is 1.75. The summed E-state index contributed by atoms with van der Waals surface area (Å²) in [6.07, 6.45) is 3.21. The van der Waals surface area contributed by atoms with E-state index in [0.717, 1.165) is 5.56 Å². The number of rotatable bonds is 10. The molecule has 0 bridgehead atoms. The van der Waals surface area contributed by atoms with Crippen LogP contribution < -0.4 is 19.5 Å². The number of hydrogen-bond donors (Lipinski definition) is 1. The largest absolute Gasteiger partial charge is 0.497 e. The molecule has 5 rings (SSSR count). The monoisotopic (exact) mass is 564 g/mol. The highest BCUT2D eigenvalue weighted by Gasteiger charge is 2.23. The van der Waals surface area contributed by atoms with E-state index in [0.29, 0.717) is 63.5 Å². The van der Waals surface area contributed by atoms with Gasteiger partial charge in [-0.05, 0) is 42.8 Å². The Kier molecular flexibility index (Phi) is 8.15. The van der Waals surface area contributed by atoms with E-state index in [1.165, 1.54) is 7.11 Å². The molecule has 0 saturated carbocycles. The summed E-state index contributed by atoms with van der Waals surface area (Å²) in [7, 11) is 4.72. The number of anilines is 1. The lowest BCUT2D eigenvalue weighted by Gasteiger charge is -2.17. The Morgan fingerprint density at radius 1 is 1.00 bits per heavy atom. The maximum atomic E-state index is 12.8. The van der Waals surface area contributed by atoms with Gasteiger partial charge in [0.1, 0.15) is 11.5 Å². The van der Waals surface area contributed by atoms with Crippen LogP contribution in [0.15, 0.2) is 67.0 Å². The molecule has 0 aliphatic heterocycles. The van der Waals surface area contributed by atoms with Gasteiger partial charge in [-0.3, -0.25) is 4.40 Å². The molecule has 42 heavy (non-hydrogen) atoms. The standard InChI is InChI=1S/C31H28N6O5/c1-5-42-30(38)24-18-37-29(35-24)27(20-11-12-33-26(14-20)41-4)28(21-8-6-7-19(13-21)16-32)36-31(37)34-17-22-9-10-23(39-2)15-25(22)40-3/h6-15,18H,5,17H2,1-4H3,(H,34,36). The third kappa shape index (κ3) is 5.51. The van der Waals surface area contributed by atoms with Crippen LogP contribution in [0.4, 0.5) is 5.95 Å². The fourth-order valence-electron chi connectivity index (χ4n) is 4.53. The number of pyridine rings is 1. The molecular weight excluding hydrogens is 536 g/mol. The predicted molar refractivity (Wildman–Crippen MR) is 156 cm³/mol. The van der Waals surface area contributed by atoms with Crippen LogP contribution in [-0.4, -0.2) is 53.3 Å². The molecule has 0 amide bonds. The molecule has 5 aromatic rings. The zero-order valence-electron chi connectivity index (χ0n) is 23.5. The average Bonchev–Trinajstić information content (AvgIpc) is 3.49. The van der Waals surface area contributed by atoms with Gasteiger partial charge in [0.25, 0.3) is 0 Å². The summed E-state index contributed by atoms with van der Waals surface area (Å²) in [6.45, 7) is 2.27. The van der Waals surface area contributed by atoms with Crippen molar-refractivity contribution in [2.45, 2.75) is 13.5 Å². The minimum absolute atomic E-state index is 0.119. The highest BCUT2D eigenvalue weighted by atomic mass is 16.5. The fourth-order valence-corrected chi connectivity index (χ4v) is 4.53. The van der Waals surface area contributed by atoms with Crippen LogP contribution in [0.3, 0.4) is 0 Å². The number of ether oxygens (including phenoxy) is 4. The van der Waals surface area contributed by atoms with Crippen LogP contribution in [0.5, 0.6) is 17.4 Å². The van der Waals surface area contributed by atoms with E-state index in [-0.39, 0.29) is 12.3 Å². The summed E-state index contributed by atoms with van der Waals surface area (Å²) in [5.74, 6) is 1.55. The average molecular weight is 565 g/mol. The first-order chi connectivity index (χ1) is 20.5. The molecular formula is C31H28N6O5. The lowest BCUT2D eigenvalue weighted by Crippen LogP contribution is -2.09. The maximum absolute atomic E-state index is 12.8. The van der Waals surface area contributed by atoms with Gasteiger partial charge >= 0.3 is 5.97 Å². The van der Waals surface area contributed by atoms with Crippen molar-refractivity contribution >= 4 is 17.6 Å². The highest BCUT2D eigenvalue weighted by molar-refractivity contribution is 5.94. The van der Waals surface area contributed by atoms with Crippen LogP contribution in [-0.2, 0) is 11.3 Å². The summed E-state index contributed by atoms with van der Waals surface area (Å²) >= 11 is 0. The molecule has 3 aromatic heterocycles. The summed E-state index contributed by atoms with van der Waals surface area (Å²) in [4.78, 5) is 26.8. The van der Waals surface area contributed by atoms with Gasteiger partial charge in [0.15, 0.2) is 11.3 Å². The molecule has 0 radical (unpaired) electrons. The normalized spacial score (nSPS) is 10.6. The van der Waals surface area contributed by atoms with Crippen molar-refractivity contribution in [2.24, 2.45) is 0 Å². The molecule has 0 atom stereocenters. The van der Waals surface area contributed by atoms with Crippen LogP contribution in [0, 0.1) is 11.3 Å². The summed E-state index contributed by atoms with van der Waals surface area (Å²) < 4.78 is 23.3. The van der Waals surface area contributed by atoms with E-state index in [4.69, 9.17) is 28.9 Å². The van der Waals surface area contributed by atoms with Crippen LogP contribution in [0.1, 0.15) is 28.5 Å². The smallest absolute Gasteiger partial charge is 0.358 e. The first-order valence-corrected chi connectivity index (χ1v) is 13.1. The molecule has 0 aliphatic rings. The van der Waals surface area contributed by atoms with Crippen molar-refractivity contribution in [3.05, 3.63) is 83.8 Å². The quantitative estimate of drug-likeness (QED) is 0.227. The van der Waals surface area contributed by atoms with Crippen molar-refractivity contribution in [1.82, 2.24) is 19.4 Å². The number of methoxy groups -OCH3 is 3. The second kappa shape index (κ2) is 12.3. The van der Waals surface area contributed by atoms with Gasteiger partial charge in [0.05, 0.1) is 50.8 Å². The number of hydrogen-bond acceptors (Lipinski definition) is 10. The lowest BCUT2D eigenvalue weighted by atomic mass is 9.99. The molecule has 11 nitrogen and oxygen atoms in total. The number of nitriles is 1. The van der Waals surface area contributed by atoms with Gasteiger partial charge in [0, 0.05) is 42.2 Å². The number of imidazole rings is 1. The lowest BCUT2D eigenvalue weighted by molar-refractivity contribution is 0.0520. The number of benzene rings is 2. The first kappa shape index (κ1) is 27.9. The summed E-state index contributed by atoms with van der Waals surface area (Å²) in [5, 5.41) is 13.0. The SMILES string of the molecule is CCOC(=O)c1cn2c(NCc3ccc(OC)cc3OC)nc(-c3cccc(C#N)c3)c(-c3ccnc(OC)c3)c2n1. The van der Waals surface area contributed by atoms with Crippen LogP contribution >= 0.6 is 0 Å². The van der Waals surface area contributed by atoms with Gasteiger partial charge in [-0.2, -0.15) is 5.26 Å². The minimum atomic E-state index is -0.560. The molecule has 0 saturated heterocycles. The number of esters is 1. The van der Waals surface area contributed by atoms with Crippen molar-refractivity contribution in [1.29, 1.82) is 5.26 Å². The third-order valence-electron chi connectivity index (χ3n) is 6.53. The van der Waals surface area contributed by atoms with Crippen molar-refractivity contribution in [2.75, 3.05) is 33.3 Å². The Labute approximate surface area is 242 Å². The number of fused-ring (bicyclic) bond motifs is 1. The topological polar surface area (TPSA) is 133 Å². The van der Waals surface area contributed by atoms with Crippen LogP contribution in [0.2, 0.25) is 0 Å². The first-order valence-electron chi connectivity index (χ1n) is 13.1. The highest BCUT2D eigenvalue weighted by Crippen LogP contribution is 2.37. The summed E-state index contributed by atoms with van der Waals surface area (Å²) in [6, 6.07) is 18.4. The number of nitrogens with one attached hydrogen (secondary N) is 1. The van der Waals surface area contributed by atoms with E-state index in [2.05, 4.69) is 16.4 Å². The fraction of sp³-hybridized carbons (Fsp3) is 0.194. The number of nitrogens with zero attached hydrogens (tertiary/aromatic N) is 5. The third-order valence-corrected chi connectivity index (χ3v) is 6.53. The molecule has 11 heteroatoms. The Morgan fingerprint density at radius 3 is 2.60 bits per heavy atom. The van der Waals surface area contributed by atoms with Gasteiger partial charge in [-0.25, -0.2) is 19.7 Å². The van der Waals surface area contributed by atoms with E-state index < -0.39 is 5.97 Å². The maximum Gasteiger partial charge on any atom is 0.358 e. The zero-order valence-corrected chi connectivity index (χ0v) is 23.5. The Hall–Kier alpha value is -5.63. The summed E-state index contributed by atoms with van der Waals surface area (Å²) in [5.41, 5.74) is 4.45. The molecule has 1 N–H and O–H groups in total. The molecule has 212 valence electrons. The molecule has 3 heterocycles. The van der Waals surface area contributed by atoms with Gasteiger partial charge in [0.2, 0.25) is 11.8 Å². The molecule has 0 fully saturated rings. The second-order valence-electron chi connectivity index (χ2n) is 9.01. The van der Waals surface area contributed by atoms with Crippen molar-refractivity contribution in [3.63, 3.8) is 0 Å². The predicted octanol–water partition coefficient (Wildman–Crippen LogP) is 5.14. The zero-order chi connectivity index (χ0) is 29.6. The van der Waals surface area contributed by atoms with E-state index >= 15 is 0 Å². The number of carbonyl (C=O) groups is 1. The van der Waals surface area contributed by atoms with E-state index in [1.54, 1.807) is 68.3 Å². The van der Waals surface area contributed by atoms with Crippen molar-refractivity contribution in [3.8, 4) is 45.8 Å². The van der Waals surface area contributed by atoms with Crippen molar-refractivity contribution < 1.29 is 23.7 Å². The minimum Gasteiger partial charge on any atom is -0.497 e. The van der Waals surface area contributed by atoms with E-state index in [9.17, 15) is 10.1 Å². The molecule has 0 aliphatic carbocycles. The molecule has 0 unspecified atom stereocenters.